The summed E-state index contributed by atoms with van der Waals surface area (Å²) in [4.78, 5) is 52.4. The Bertz CT molecular complexity index is 1200. The van der Waals surface area contributed by atoms with Gasteiger partial charge in [0.25, 0.3) is 11.8 Å². The van der Waals surface area contributed by atoms with Crippen molar-refractivity contribution >= 4 is 67.5 Å². The van der Waals surface area contributed by atoms with E-state index in [2.05, 4.69) is 15.5 Å². The van der Waals surface area contributed by atoms with Gasteiger partial charge in [-0.1, -0.05) is 5.16 Å². The van der Waals surface area contributed by atoms with E-state index in [9.17, 15) is 32.7 Å². The van der Waals surface area contributed by atoms with Crippen molar-refractivity contribution in [3.05, 3.63) is 22.3 Å². The number of aromatic nitrogens is 1. The van der Waals surface area contributed by atoms with Crippen LogP contribution in [0.1, 0.15) is 12.1 Å². The number of anilines is 1. The van der Waals surface area contributed by atoms with Gasteiger partial charge in [0.2, 0.25) is 5.91 Å². The average molecular weight is 541 g/mol. The standard InChI is InChI=1S/C16H18N6O8S3.Na/c17-8(23)1-2-33(29,30)5-6-3-31-14-10(13(25)22(14)11(6)15(26)27)20-12(24)9(21-28)7-4-32-16(18)19-7;/h4,10,14,28H,1-3,5H2,(H2,17,23)(H2,18,19)(H,20,24)(H,26,27);/q;+1/p-1/b21-9-;/t10?,14-;/m1./s1. The molecule has 1 saturated heterocycles. The summed E-state index contributed by atoms with van der Waals surface area (Å²) >= 11 is 2.03. The van der Waals surface area contributed by atoms with E-state index in [1.54, 1.807) is 0 Å². The first-order valence-corrected chi connectivity index (χ1v) is 12.8. The van der Waals surface area contributed by atoms with Crippen LogP contribution in [0.25, 0.3) is 0 Å². The number of carboxylic acids is 1. The third-order valence-corrected chi connectivity index (χ3v) is 8.29. The number of nitrogens with one attached hydrogen (secondary N) is 1. The molecular formula is C16H17N6NaO8S3. The number of primary amides is 1. The number of hydrogen-bond donors (Lipinski definition) is 4. The van der Waals surface area contributed by atoms with Crippen LogP contribution in [0.4, 0.5) is 5.13 Å². The normalized spacial score (nSPS) is 20.2. The molecule has 1 aromatic heterocycles. The quantitative estimate of drug-likeness (QED) is 0.0755. The second-order valence-corrected chi connectivity index (χ2v) is 11.1. The molecule has 178 valence electrons. The number of oxime groups is 1. The Kier molecular flexibility index (Phi) is 9.11. The fourth-order valence-corrected chi connectivity index (χ4v) is 6.64. The molecule has 1 unspecified atom stereocenters. The molecule has 14 nitrogen and oxygen atoms in total. The van der Waals surface area contributed by atoms with Crippen molar-refractivity contribution in [2.24, 2.45) is 10.9 Å². The van der Waals surface area contributed by atoms with Gasteiger partial charge in [-0.15, -0.1) is 23.1 Å². The Morgan fingerprint density at radius 3 is 2.59 bits per heavy atom. The van der Waals surface area contributed by atoms with Gasteiger partial charge in [0.05, 0.1) is 23.2 Å². The Morgan fingerprint density at radius 1 is 1.38 bits per heavy atom. The monoisotopic (exact) mass is 540 g/mol. The van der Waals surface area contributed by atoms with Crippen molar-refractivity contribution in [1.29, 1.82) is 0 Å². The molecular weight excluding hydrogens is 523 g/mol. The third-order valence-electron chi connectivity index (χ3n) is 4.66. The molecule has 0 bridgehead atoms. The summed E-state index contributed by atoms with van der Waals surface area (Å²) in [5.41, 5.74) is 9.27. The van der Waals surface area contributed by atoms with Gasteiger partial charge >= 0.3 is 29.6 Å². The molecule has 6 N–H and O–H groups in total. The smallest absolute Gasteiger partial charge is 0.543 e. The topological polar surface area (TPSA) is 238 Å². The van der Waals surface area contributed by atoms with E-state index in [1.807, 2.05) is 0 Å². The first-order valence-electron chi connectivity index (χ1n) is 9.06. The second kappa shape index (κ2) is 11.0. The third kappa shape index (κ3) is 5.89. The Morgan fingerprint density at radius 2 is 2.06 bits per heavy atom. The van der Waals surface area contributed by atoms with Gasteiger partial charge in [-0.2, -0.15) is 0 Å². The number of aliphatic carboxylic acids is 1. The first-order chi connectivity index (χ1) is 15.4. The van der Waals surface area contributed by atoms with E-state index in [-0.39, 0.29) is 51.7 Å². The molecule has 0 saturated carbocycles. The number of amides is 3. The summed E-state index contributed by atoms with van der Waals surface area (Å²) in [6.45, 7) is 0. The molecule has 0 spiro atoms. The molecule has 34 heavy (non-hydrogen) atoms. The zero-order valence-corrected chi connectivity index (χ0v) is 22.0. The van der Waals surface area contributed by atoms with Crippen LogP contribution in [0.2, 0.25) is 0 Å². The molecule has 0 aromatic carbocycles. The van der Waals surface area contributed by atoms with Crippen molar-refractivity contribution in [1.82, 2.24) is 15.2 Å². The zero-order valence-electron chi connectivity index (χ0n) is 17.6. The number of nitrogens with zero attached hydrogens (tertiary/aromatic N) is 3. The van der Waals surface area contributed by atoms with E-state index in [0.717, 1.165) is 28.0 Å². The van der Waals surface area contributed by atoms with Crippen molar-refractivity contribution in [2.45, 2.75) is 17.8 Å². The van der Waals surface area contributed by atoms with Crippen LogP contribution in [-0.4, -0.2) is 81.6 Å². The second-order valence-electron chi connectivity index (χ2n) is 6.93. The number of thiazole rings is 1. The number of hydrogen-bond acceptors (Lipinski definition) is 13. The van der Waals surface area contributed by atoms with Gasteiger partial charge in [-0.25, -0.2) is 13.4 Å². The zero-order chi connectivity index (χ0) is 24.5. The van der Waals surface area contributed by atoms with E-state index in [4.69, 9.17) is 16.7 Å². The van der Waals surface area contributed by atoms with Gasteiger partial charge in [-0.05, 0) is 5.57 Å². The van der Waals surface area contributed by atoms with Crippen molar-refractivity contribution < 1.29 is 67.5 Å². The van der Waals surface area contributed by atoms with Crippen LogP contribution < -0.4 is 51.4 Å². The average Bonchev–Trinajstić information content (AvgIpc) is 3.16. The minimum atomic E-state index is -3.88. The minimum absolute atomic E-state index is 0. The van der Waals surface area contributed by atoms with Crippen molar-refractivity contribution in [3.8, 4) is 0 Å². The number of sulfone groups is 1. The van der Waals surface area contributed by atoms with Gasteiger partial charge in [0.1, 0.15) is 17.1 Å². The molecule has 0 aliphatic carbocycles. The Labute approximate surface area is 223 Å². The molecule has 2 aliphatic rings. The summed E-state index contributed by atoms with van der Waals surface area (Å²) < 4.78 is 24.5. The number of nitrogen functional groups attached to an aromatic ring is 1. The number of carbonyl (C=O) groups excluding carboxylic acids is 4. The number of fused-ring (bicyclic) bond motifs is 1. The number of thioether (sulfide) groups is 1. The Balaban J connectivity index is 0.00000408. The molecule has 0 radical (unpaired) electrons. The van der Waals surface area contributed by atoms with E-state index in [1.165, 1.54) is 5.38 Å². The first kappa shape index (κ1) is 28.1. The predicted octanol–water partition coefficient (Wildman–Crippen LogP) is -6.40. The van der Waals surface area contributed by atoms with Crippen LogP contribution in [0.3, 0.4) is 0 Å². The van der Waals surface area contributed by atoms with E-state index in [0.29, 0.717) is 0 Å². The van der Waals surface area contributed by atoms with Gasteiger partial charge in [0.15, 0.2) is 20.7 Å². The number of nitrogens with two attached hydrogens (primary N) is 2. The summed E-state index contributed by atoms with van der Waals surface area (Å²) in [5, 5.41) is 26.8. The fraction of sp³-hybridized carbons (Fsp3) is 0.375. The SMILES string of the molecule is NC(=O)CCS(=O)(=O)CC1=C(C(=O)[O-])N2C(=O)C(NC(=O)/C(=N\O)c3csc(N)n3)[C@H]2SC1.[Na+]. The number of β-lactam (4-membered cyclic amide) rings is 1. The number of rotatable bonds is 9. The van der Waals surface area contributed by atoms with Crippen LogP contribution in [0.15, 0.2) is 21.8 Å². The van der Waals surface area contributed by atoms with E-state index < -0.39 is 74.3 Å². The number of carbonyl (C=O) groups is 4. The molecule has 2 atom stereocenters. The minimum Gasteiger partial charge on any atom is -0.543 e. The molecule has 2 aliphatic heterocycles. The summed E-state index contributed by atoms with van der Waals surface area (Å²) in [5.74, 6) is -5.69. The summed E-state index contributed by atoms with van der Waals surface area (Å²) in [6, 6.07) is -1.17. The molecule has 1 fully saturated rings. The van der Waals surface area contributed by atoms with Crippen LogP contribution in [-0.2, 0) is 29.0 Å². The maximum absolute atomic E-state index is 12.7. The largest absolute Gasteiger partial charge is 1.00 e. The van der Waals surface area contributed by atoms with E-state index >= 15 is 0 Å². The fourth-order valence-electron chi connectivity index (χ4n) is 3.20. The van der Waals surface area contributed by atoms with Crippen LogP contribution >= 0.6 is 23.1 Å². The van der Waals surface area contributed by atoms with Gasteiger partial charge in [-0.3, -0.25) is 19.3 Å². The molecule has 18 heteroatoms. The predicted molar refractivity (Wildman–Crippen MR) is 114 cm³/mol. The summed E-state index contributed by atoms with van der Waals surface area (Å²) in [7, 11) is -3.88. The molecule has 3 amide bonds. The van der Waals surface area contributed by atoms with Crippen molar-refractivity contribution in [2.75, 3.05) is 23.0 Å². The maximum Gasteiger partial charge on any atom is 1.00 e. The van der Waals surface area contributed by atoms with Crippen LogP contribution in [0.5, 0.6) is 0 Å². The summed E-state index contributed by atoms with van der Waals surface area (Å²) in [6.07, 6.45) is -0.428. The number of carboxylic acid groups (broad SMARTS) is 1. The molecule has 3 rings (SSSR count). The Hall–Kier alpha value is -2.18. The van der Waals surface area contributed by atoms with Crippen LogP contribution in [0, 0.1) is 0 Å². The molecule has 1 aromatic rings. The van der Waals surface area contributed by atoms with Crippen molar-refractivity contribution in [3.63, 3.8) is 0 Å². The molecule has 3 heterocycles. The van der Waals surface area contributed by atoms with Gasteiger partial charge < -0.3 is 31.9 Å². The maximum atomic E-state index is 12.7. The van der Waals surface area contributed by atoms with Gasteiger partial charge in [0, 0.05) is 17.6 Å².